The lowest BCUT2D eigenvalue weighted by Gasteiger charge is -2.18. The van der Waals surface area contributed by atoms with Gasteiger partial charge < -0.3 is 20.3 Å². The zero-order chi connectivity index (χ0) is 12.0. The Labute approximate surface area is 104 Å². The van der Waals surface area contributed by atoms with Crippen LogP contribution in [0.15, 0.2) is 0 Å². The minimum atomic E-state index is 0.260. The van der Waals surface area contributed by atoms with E-state index >= 15 is 0 Å². The number of rotatable bonds is 5. The van der Waals surface area contributed by atoms with E-state index in [-0.39, 0.29) is 6.04 Å². The smallest absolute Gasteiger partial charge is 0.166 e. The Balaban J connectivity index is 2.10. The molecule has 4 nitrogen and oxygen atoms in total. The van der Waals surface area contributed by atoms with Crippen molar-refractivity contribution in [1.82, 2.24) is 15.5 Å². The van der Waals surface area contributed by atoms with Crippen LogP contribution in [0.2, 0.25) is 0 Å². The molecule has 0 spiro atoms. The van der Waals surface area contributed by atoms with Crippen molar-refractivity contribution in [2.45, 2.75) is 19.4 Å². The molecule has 2 atom stereocenters. The first kappa shape index (κ1) is 13.7. The molecule has 5 heteroatoms. The summed E-state index contributed by atoms with van der Waals surface area (Å²) in [6.45, 7) is 6.07. The molecule has 94 valence electrons. The van der Waals surface area contributed by atoms with Gasteiger partial charge in [-0.2, -0.15) is 0 Å². The van der Waals surface area contributed by atoms with E-state index in [1.165, 1.54) is 19.5 Å². The maximum atomic E-state index is 5.22. The highest BCUT2D eigenvalue weighted by molar-refractivity contribution is 7.80. The lowest BCUT2D eigenvalue weighted by Crippen LogP contribution is -2.44. The van der Waals surface area contributed by atoms with Crippen LogP contribution in [-0.2, 0) is 4.74 Å². The van der Waals surface area contributed by atoms with E-state index in [4.69, 9.17) is 17.0 Å². The van der Waals surface area contributed by atoms with Crippen molar-refractivity contribution in [1.29, 1.82) is 0 Å². The van der Waals surface area contributed by atoms with Crippen LogP contribution in [0.3, 0.4) is 0 Å². The van der Waals surface area contributed by atoms with Gasteiger partial charge in [0.2, 0.25) is 0 Å². The number of hydrogen-bond acceptors (Lipinski definition) is 3. The van der Waals surface area contributed by atoms with Crippen LogP contribution in [0.25, 0.3) is 0 Å². The Hall–Kier alpha value is -0.390. The molecule has 16 heavy (non-hydrogen) atoms. The summed E-state index contributed by atoms with van der Waals surface area (Å²) >= 11 is 5.22. The van der Waals surface area contributed by atoms with E-state index in [2.05, 4.69) is 29.5 Å². The fourth-order valence-electron chi connectivity index (χ4n) is 2.00. The van der Waals surface area contributed by atoms with Crippen molar-refractivity contribution < 1.29 is 4.74 Å². The normalized spacial score (nSPS) is 23.1. The topological polar surface area (TPSA) is 36.5 Å². The number of likely N-dealkylation sites (tertiary alicyclic amines) is 1. The lowest BCUT2D eigenvalue weighted by atomic mass is 10.1. The van der Waals surface area contributed by atoms with E-state index < -0.39 is 0 Å². The van der Waals surface area contributed by atoms with Gasteiger partial charge in [-0.05, 0) is 45.1 Å². The van der Waals surface area contributed by atoms with Crippen LogP contribution in [0, 0.1) is 5.92 Å². The number of methoxy groups -OCH3 is 1. The van der Waals surface area contributed by atoms with Gasteiger partial charge in [0.15, 0.2) is 5.11 Å². The van der Waals surface area contributed by atoms with Crippen molar-refractivity contribution in [2.24, 2.45) is 5.92 Å². The number of nitrogens with zero attached hydrogens (tertiary/aromatic N) is 1. The van der Waals surface area contributed by atoms with Gasteiger partial charge in [-0.15, -0.1) is 0 Å². The molecule has 0 saturated carbocycles. The Bertz CT molecular complexity index is 225. The molecule has 2 N–H and O–H groups in total. The highest BCUT2D eigenvalue weighted by Crippen LogP contribution is 2.12. The summed E-state index contributed by atoms with van der Waals surface area (Å²) in [7, 11) is 3.86. The second kappa shape index (κ2) is 7.04. The highest BCUT2D eigenvalue weighted by Gasteiger charge is 2.19. The predicted molar refractivity (Wildman–Crippen MR) is 70.7 cm³/mol. The molecule has 0 amide bonds. The van der Waals surface area contributed by atoms with Gasteiger partial charge in [-0.3, -0.25) is 0 Å². The summed E-state index contributed by atoms with van der Waals surface area (Å²) in [5, 5.41) is 7.21. The van der Waals surface area contributed by atoms with Gasteiger partial charge in [0, 0.05) is 26.2 Å². The molecule has 0 bridgehead atoms. The fourth-order valence-corrected chi connectivity index (χ4v) is 2.28. The third-order valence-electron chi connectivity index (χ3n) is 2.83. The standard InChI is InChI=1S/C11H23N3OS/c1-9(8-15-3)13-11(16)12-6-10-4-5-14(2)7-10/h9-10H,4-8H2,1-3H3,(H2,12,13,16). The van der Waals surface area contributed by atoms with E-state index in [9.17, 15) is 0 Å². The molecule has 1 heterocycles. The van der Waals surface area contributed by atoms with E-state index in [1.807, 2.05) is 0 Å². The molecule has 2 unspecified atom stereocenters. The lowest BCUT2D eigenvalue weighted by molar-refractivity contribution is 0.179. The number of nitrogens with one attached hydrogen (secondary N) is 2. The first-order valence-electron chi connectivity index (χ1n) is 5.83. The summed E-state index contributed by atoms with van der Waals surface area (Å²) in [5.41, 5.74) is 0. The minimum Gasteiger partial charge on any atom is -0.383 e. The summed E-state index contributed by atoms with van der Waals surface area (Å²) in [5.74, 6) is 0.725. The SMILES string of the molecule is COCC(C)NC(=S)NCC1CCN(C)C1. The minimum absolute atomic E-state index is 0.260. The second-order valence-electron chi connectivity index (χ2n) is 4.63. The van der Waals surface area contributed by atoms with Gasteiger partial charge >= 0.3 is 0 Å². The van der Waals surface area contributed by atoms with Crippen LogP contribution in [-0.4, -0.2) is 56.5 Å². The monoisotopic (exact) mass is 245 g/mol. The largest absolute Gasteiger partial charge is 0.383 e. The third kappa shape index (κ3) is 5.09. The van der Waals surface area contributed by atoms with Crippen LogP contribution >= 0.6 is 12.2 Å². The third-order valence-corrected chi connectivity index (χ3v) is 3.10. The average Bonchev–Trinajstić information content (AvgIpc) is 2.61. The summed E-state index contributed by atoms with van der Waals surface area (Å²) in [6.07, 6.45) is 1.26. The molecule has 1 rings (SSSR count). The van der Waals surface area contributed by atoms with Gasteiger partial charge in [0.25, 0.3) is 0 Å². The van der Waals surface area contributed by atoms with Crippen LogP contribution in [0.1, 0.15) is 13.3 Å². The van der Waals surface area contributed by atoms with Gasteiger partial charge in [-0.25, -0.2) is 0 Å². The zero-order valence-electron chi connectivity index (χ0n) is 10.5. The van der Waals surface area contributed by atoms with Crippen molar-refractivity contribution >= 4 is 17.3 Å². The molecule has 0 aromatic carbocycles. The van der Waals surface area contributed by atoms with Gasteiger partial charge in [-0.1, -0.05) is 0 Å². The van der Waals surface area contributed by atoms with Crippen molar-refractivity contribution in [2.75, 3.05) is 40.4 Å². The number of ether oxygens (including phenoxy) is 1. The van der Waals surface area contributed by atoms with Crippen molar-refractivity contribution in [3.05, 3.63) is 0 Å². The van der Waals surface area contributed by atoms with E-state index in [1.54, 1.807) is 7.11 Å². The molecular weight excluding hydrogens is 222 g/mol. The maximum Gasteiger partial charge on any atom is 0.166 e. The number of hydrogen-bond donors (Lipinski definition) is 2. The first-order valence-corrected chi connectivity index (χ1v) is 6.24. The average molecular weight is 245 g/mol. The molecule has 0 aromatic rings. The molecule has 1 fully saturated rings. The number of thiocarbonyl (C=S) groups is 1. The Kier molecular flexibility index (Phi) is 6.01. The van der Waals surface area contributed by atoms with Crippen molar-refractivity contribution in [3.8, 4) is 0 Å². The Morgan fingerprint density at radius 3 is 2.94 bits per heavy atom. The van der Waals surface area contributed by atoms with Crippen LogP contribution < -0.4 is 10.6 Å². The highest BCUT2D eigenvalue weighted by atomic mass is 32.1. The Morgan fingerprint density at radius 1 is 1.62 bits per heavy atom. The molecule has 0 radical (unpaired) electrons. The molecule has 1 aliphatic heterocycles. The molecule has 0 aromatic heterocycles. The molecular formula is C11H23N3OS. The Morgan fingerprint density at radius 2 is 2.38 bits per heavy atom. The van der Waals surface area contributed by atoms with Gasteiger partial charge in [0.1, 0.15) is 0 Å². The van der Waals surface area contributed by atoms with E-state index in [0.717, 1.165) is 17.6 Å². The zero-order valence-corrected chi connectivity index (χ0v) is 11.3. The quantitative estimate of drug-likeness (QED) is 0.687. The summed E-state index contributed by atoms with van der Waals surface area (Å²) < 4.78 is 5.04. The van der Waals surface area contributed by atoms with Crippen molar-refractivity contribution in [3.63, 3.8) is 0 Å². The molecule has 1 aliphatic rings. The van der Waals surface area contributed by atoms with E-state index in [0.29, 0.717) is 6.61 Å². The van der Waals surface area contributed by atoms with Crippen LogP contribution in [0.4, 0.5) is 0 Å². The fraction of sp³-hybridized carbons (Fsp3) is 0.909. The second-order valence-corrected chi connectivity index (χ2v) is 5.04. The first-order chi connectivity index (χ1) is 7.61. The molecule has 0 aliphatic carbocycles. The predicted octanol–water partition coefficient (Wildman–Crippen LogP) is 0.437. The molecule has 1 saturated heterocycles. The maximum absolute atomic E-state index is 5.22. The van der Waals surface area contributed by atoms with Crippen LogP contribution in [0.5, 0.6) is 0 Å². The summed E-state index contributed by atoms with van der Waals surface area (Å²) in [6, 6.07) is 0.260. The summed E-state index contributed by atoms with van der Waals surface area (Å²) in [4.78, 5) is 2.36. The van der Waals surface area contributed by atoms with Gasteiger partial charge in [0.05, 0.1) is 6.61 Å².